The van der Waals surface area contributed by atoms with Gasteiger partial charge in [0, 0.05) is 18.7 Å². The van der Waals surface area contributed by atoms with Gasteiger partial charge in [0.1, 0.15) is 17.0 Å². The highest BCUT2D eigenvalue weighted by Crippen LogP contribution is 2.24. The van der Waals surface area contributed by atoms with Gasteiger partial charge in [0.05, 0.1) is 0 Å². The third kappa shape index (κ3) is 3.05. The highest BCUT2D eigenvalue weighted by atomic mass is 16.5. The Kier molecular flexibility index (Phi) is 4.53. The third-order valence-corrected chi connectivity index (χ3v) is 3.06. The van der Waals surface area contributed by atoms with Gasteiger partial charge < -0.3 is 14.9 Å². The van der Waals surface area contributed by atoms with Gasteiger partial charge in [-0.1, -0.05) is 42.4 Å². The molecule has 2 aromatic rings. The van der Waals surface area contributed by atoms with E-state index in [2.05, 4.69) is 10.5 Å². The molecule has 1 heterocycles. The number of hydrogen-bond acceptors (Lipinski definition) is 4. The summed E-state index contributed by atoms with van der Waals surface area (Å²) < 4.78 is 5.14. The van der Waals surface area contributed by atoms with E-state index in [0.717, 1.165) is 5.56 Å². The van der Waals surface area contributed by atoms with Crippen LogP contribution in [0.15, 0.2) is 34.9 Å². The van der Waals surface area contributed by atoms with Crippen molar-refractivity contribution in [2.24, 2.45) is 5.92 Å². The fourth-order valence-corrected chi connectivity index (χ4v) is 1.85. The maximum absolute atomic E-state index is 12.2. The molecule has 0 aliphatic rings. The van der Waals surface area contributed by atoms with Crippen molar-refractivity contribution >= 4 is 5.91 Å². The van der Waals surface area contributed by atoms with Crippen LogP contribution in [0.4, 0.5) is 0 Å². The molecule has 0 radical (unpaired) electrons. The maximum Gasteiger partial charge on any atom is 0.257 e. The molecule has 5 heteroatoms. The second kappa shape index (κ2) is 6.34. The zero-order chi connectivity index (χ0) is 14.5. The first-order valence-corrected chi connectivity index (χ1v) is 6.54. The Balaban J connectivity index is 2.24. The summed E-state index contributed by atoms with van der Waals surface area (Å²) in [5.74, 6) is 0.264. The Morgan fingerprint density at radius 2 is 2.10 bits per heavy atom. The van der Waals surface area contributed by atoms with Crippen LogP contribution in [0.5, 0.6) is 0 Å². The maximum atomic E-state index is 12.2. The summed E-state index contributed by atoms with van der Waals surface area (Å²) in [6.07, 6.45) is 0. The van der Waals surface area contributed by atoms with E-state index in [1.54, 1.807) is 6.92 Å². The van der Waals surface area contributed by atoms with Crippen LogP contribution in [0.25, 0.3) is 11.3 Å². The number of aromatic nitrogens is 1. The van der Waals surface area contributed by atoms with Crippen molar-refractivity contribution in [2.75, 3.05) is 13.2 Å². The van der Waals surface area contributed by atoms with E-state index < -0.39 is 0 Å². The van der Waals surface area contributed by atoms with Gasteiger partial charge in [-0.05, 0) is 12.8 Å². The fourth-order valence-electron chi connectivity index (χ4n) is 1.85. The van der Waals surface area contributed by atoms with Crippen molar-refractivity contribution in [1.29, 1.82) is 0 Å². The number of benzene rings is 1. The molecule has 0 aliphatic heterocycles. The second-order valence-corrected chi connectivity index (χ2v) is 4.83. The molecule has 0 saturated carbocycles. The van der Waals surface area contributed by atoms with Crippen molar-refractivity contribution in [3.8, 4) is 11.3 Å². The topological polar surface area (TPSA) is 75.4 Å². The largest absolute Gasteiger partial charge is 0.396 e. The zero-order valence-electron chi connectivity index (χ0n) is 11.6. The predicted octanol–water partition coefficient (Wildman–Crippen LogP) is 2.01. The highest BCUT2D eigenvalue weighted by molar-refractivity contribution is 6.00. The molecule has 1 unspecified atom stereocenters. The number of nitrogens with zero attached hydrogens (tertiary/aromatic N) is 1. The van der Waals surface area contributed by atoms with E-state index in [9.17, 15) is 4.79 Å². The molecule has 1 amide bonds. The fraction of sp³-hybridized carbons (Fsp3) is 0.333. The van der Waals surface area contributed by atoms with Gasteiger partial charge in [0.15, 0.2) is 0 Å². The Labute approximate surface area is 117 Å². The Bertz CT molecular complexity index is 578. The van der Waals surface area contributed by atoms with Crippen molar-refractivity contribution in [3.63, 3.8) is 0 Å². The molecule has 2 rings (SSSR count). The molecule has 1 aromatic carbocycles. The third-order valence-electron chi connectivity index (χ3n) is 3.06. The van der Waals surface area contributed by atoms with Crippen LogP contribution >= 0.6 is 0 Å². The quantitative estimate of drug-likeness (QED) is 0.874. The van der Waals surface area contributed by atoms with Crippen LogP contribution in [0.3, 0.4) is 0 Å². The molecule has 0 spiro atoms. The predicted molar refractivity (Wildman–Crippen MR) is 75.3 cm³/mol. The molecular weight excluding hydrogens is 256 g/mol. The van der Waals surface area contributed by atoms with Crippen molar-refractivity contribution in [3.05, 3.63) is 41.7 Å². The summed E-state index contributed by atoms with van der Waals surface area (Å²) >= 11 is 0. The smallest absolute Gasteiger partial charge is 0.257 e. The molecule has 0 saturated heterocycles. The lowest BCUT2D eigenvalue weighted by atomic mass is 10.1. The average molecular weight is 274 g/mol. The number of carbonyl (C=O) groups is 1. The van der Waals surface area contributed by atoms with Crippen molar-refractivity contribution < 1.29 is 14.4 Å². The SMILES string of the molecule is Cc1onc(-c2ccccc2)c1C(=O)NCC(C)CO. The van der Waals surface area contributed by atoms with Gasteiger partial charge in [0.25, 0.3) is 5.91 Å². The molecule has 2 N–H and O–H groups in total. The molecule has 106 valence electrons. The summed E-state index contributed by atoms with van der Waals surface area (Å²) in [5, 5.41) is 15.7. The van der Waals surface area contributed by atoms with Gasteiger partial charge in [-0.25, -0.2) is 0 Å². The first-order valence-electron chi connectivity index (χ1n) is 6.54. The number of rotatable bonds is 5. The molecule has 1 atom stereocenters. The van der Waals surface area contributed by atoms with Crippen LogP contribution in [-0.2, 0) is 0 Å². The number of aryl methyl sites for hydroxylation is 1. The van der Waals surface area contributed by atoms with Crippen LogP contribution in [0.1, 0.15) is 23.0 Å². The molecule has 1 aromatic heterocycles. The molecule has 0 aliphatic carbocycles. The van der Waals surface area contributed by atoms with Gasteiger partial charge in [-0.2, -0.15) is 0 Å². The minimum Gasteiger partial charge on any atom is -0.396 e. The number of aliphatic hydroxyl groups is 1. The number of aliphatic hydroxyl groups excluding tert-OH is 1. The van der Waals surface area contributed by atoms with Crippen LogP contribution in [-0.4, -0.2) is 29.3 Å². The average Bonchev–Trinajstić information content (AvgIpc) is 2.87. The molecule has 0 bridgehead atoms. The van der Waals surface area contributed by atoms with Crippen LogP contribution in [0, 0.1) is 12.8 Å². The zero-order valence-corrected chi connectivity index (χ0v) is 11.6. The minimum absolute atomic E-state index is 0.0132. The summed E-state index contributed by atoms with van der Waals surface area (Å²) in [5.41, 5.74) is 1.82. The van der Waals surface area contributed by atoms with E-state index in [-0.39, 0.29) is 18.4 Å². The van der Waals surface area contributed by atoms with E-state index >= 15 is 0 Å². The van der Waals surface area contributed by atoms with E-state index in [1.165, 1.54) is 0 Å². The van der Waals surface area contributed by atoms with Gasteiger partial charge in [0.2, 0.25) is 0 Å². The number of nitrogens with one attached hydrogen (secondary N) is 1. The minimum atomic E-state index is -0.233. The van der Waals surface area contributed by atoms with E-state index in [1.807, 2.05) is 37.3 Å². The van der Waals surface area contributed by atoms with Crippen molar-refractivity contribution in [2.45, 2.75) is 13.8 Å². The Morgan fingerprint density at radius 1 is 1.40 bits per heavy atom. The Hall–Kier alpha value is -2.14. The molecule has 0 fully saturated rings. The standard InChI is InChI=1S/C15H18N2O3/c1-10(9-18)8-16-15(19)13-11(2)20-17-14(13)12-6-4-3-5-7-12/h3-7,10,18H,8-9H2,1-2H3,(H,16,19). The molecule has 20 heavy (non-hydrogen) atoms. The van der Waals surface area contributed by atoms with Gasteiger partial charge in [-0.15, -0.1) is 0 Å². The van der Waals surface area contributed by atoms with E-state index in [0.29, 0.717) is 23.6 Å². The first kappa shape index (κ1) is 14.3. The summed E-state index contributed by atoms with van der Waals surface area (Å²) in [6.45, 7) is 4.02. The molecule has 5 nitrogen and oxygen atoms in total. The highest BCUT2D eigenvalue weighted by Gasteiger charge is 2.21. The van der Waals surface area contributed by atoms with Crippen LogP contribution in [0.2, 0.25) is 0 Å². The molecular formula is C15H18N2O3. The second-order valence-electron chi connectivity index (χ2n) is 4.83. The van der Waals surface area contributed by atoms with Crippen LogP contribution < -0.4 is 5.32 Å². The van der Waals surface area contributed by atoms with Gasteiger partial charge in [-0.3, -0.25) is 4.79 Å². The number of amides is 1. The lowest BCUT2D eigenvalue weighted by Gasteiger charge is -2.09. The summed E-state index contributed by atoms with van der Waals surface area (Å²) in [6, 6.07) is 9.43. The number of hydrogen-bond donors (Lipinski definition) is 2. The van der Waals surface area contributed by atoms with Crippen molar-refractivity contribution in [1.82, 2.24) is 10.5 Å². The summed E-state index contributed by atoms with van der Waals surface area (Å²) in [7, 11) is 0. The first-order chi connectivity index (χ1) is 9.63. The van der Waals surface area contributed by atoms with E-state index in [4.69, 9.17) is 9.63 Å². The number of carbonyl (C=O) groups excluding carboxylic acids is 1. The van der Waals surface area contributed by atoms with Gasteiger partial charge >= 0.3 is 0 Å². The normalized spacial score (nSPS) is 12.2. The Morgan fingerprint density at radius 3 is 2.75 bits per heavy atom. The summed E-state index contributed by atoms with van der Waals surface area (Å²) in [4.78, 5) is 12.2. The lowest BCUT2D eigenvalue weighted by molar-refractivity contribution is 0.0941. The monoisotopic (exact) mass is 274 g/mol. The lowest BCUT2D eigenvalue weighted by Crippen LogP contribution is -2.30.